The Morgan fingerprint density at radius 2 is 1.64 bits per heavy atom. The van der Waals surface area contributed by atoms with Gasteiger partial charge in [0.15, 0.2) is 11.3 Å². The molecule has 16 heteroatoms. The molecule has 59 heavy (non-hydrogen) atoms. The van der Waals surface area contributed by atoms with Gasteiger partial charge < -0.3 is 54.2 Å². The number of allylic oxidation sites excluding steroid dienone is 2. The zero-order valence-corrected chi connectivity index (χ0v) is 34.0. The summed E-state index contributed by atoms with van der Waals surface area (Å²) in [5.74, 6) is -8.84. The highest BCUT2D eigenvalue weighted by molar-refractivity contribution is 6.22. The summed E-state index contributed by atoms with van der Waals surface area (Å²) in [4.78, 5) is 59.7. The van der Waals surface area contributed by atoms with Crippen LogP contribution in [0.25, 0.3) is 33.3 Å². The maximum Gasteiger partial charge on any atom is 0.312 e. The molecular formula is C43H48N2O14. The predicted molar refractivity (Wildman–Crippen MR) is 214 cm³/mol. The first-order valence-corrected chi connectivity index (χ1v) is 19.0. The number of fused-ring (bicyclic) bond motifs is 2. The Labute approximate surface area is 338 Å². The topological polar surface area (TPSA) is 244 Å². The molecule has 0 spiro atoms. The zero-order valence-electron chi connectivity index (χ0n) is 34.0. The molecule has 2 aromatic rings. The number of esters is 1. The fraction of sp³-hybridized carbons (Fsp3) is 0.419. The predicted octanol–water partition coefficient (Wildman–Crippen LogP) is 5.36. The first-order chi connectivity index (χ1) is 27.7. The Morgan fingerprint density at radius 1 is 0.949 bits per heavy atom. The number of aliphatic hydroxyl groups is 2. The van der Waals surface area contributed by atoms with Gasteiger partial charge in [-0.05, 0) is 19.9 Å². The Morgan fingerprint density at radius 3 is 2.31 bits per heavy atom. The van der Waals surface area contributed by atoms with Gasteiger partial charge in [0.2, 0.25) is 5.43 Å². The maximum absolute atomic E-state index is 14.5. The molecule has 0 saturated heterocycles. The normalized spacial score (nSPS) is 30.1. The van der Waals surface area contributed by atoms with E-state index in [0.29, 0.717) is 0 Å². The van der Waals surface area contributed by atoms with E-state index < -0.39 is 105 Å². The fourth-order valence-corrected chi connectivity index (χ4v) is 7.88. The number of anilines is 1. The van der Waals surface area contributed by atoms with Crippen LogP contribution >= 0.6 is 0 Å². The van der Waals surface area contributed by atoms with Crippen LogP contribution in [0, 0.1) is 30.6 Å². The number of nitrogens with one attached hydrogen (secondary N) is 1. The molecule has 0 unspecified atom stereocenters. The van der Waals surface area contributed by atoms with Crippen molar-refractivity contribution in [2.24, 2.45) is 23.7 Å². The van der Waals surface area contributed by atoms with E-state index in [1.807, 2.05) is 0 Å². The summed E-state index contributed by atoms with van der Waals surface area (Å²) in [6.45, 7) is 12.3. The Balaban J connectivity index is 1.60. The number of carbonyl (C=O) groups is 3. The van der Waals surface area contributed by atoms with Crippen molar-refractivity contribution in [2.45, 2.75) is 85.6 Å². The number of hydrogen-bond donors (Lipinski definition) is 6. The van der Waals surface area contributed by atoms with Crippen molar-refractivity contribution in [3.63, 3.8) is 0 Å². The molecule has 3 heterocycles. The van der Waals surface area contributed by atoms with E-state index in [9.17, 15) is 44.7 Å². The van der Waals surface area contributed by atoms with Gasteiger partial charge in [-0.3, -0.25) is 19.2 Å². The van der Waals surface area contributed by atoms with E-state index in [4.69, 9.17) is 23.4 Å². The number of hydrogen-bond acceptors (Lipinski definition) is 15. The van der Waals surface area contributed by atoms with Crippen molar-refractivity contribution in [2.75, 3.05) is 12.4 Å². The Kier molecular flexibility index (Phi) is 11.6. The lowest BCUT2D eigenvalue weighted by Crippen LogP contribution is -2.46. The molecule has 4 bridgehead atoms. The average molecular weight is 817 g/mol. The first kappa shape index (κ1) is 42.6. The molecule has 3 aliphatic heterocycles. The van der Waals surface area contributed by atoms with Crippen molar-refractivity contribution in [1.82, 2.24) is 4.98 Å². The highest BCUT2D eigenvalue weighted by Crippen LogP contribution is 2.51. The molecule has 2 aromatic carbocycles. The summed E-state index contributed by atoms with van der Waals surface area (Å²) in [6.07, 6.45) is 3.25. The number of aromatic nitrogens is 1. The quantitative estimate of drug-likeness (QED) is 0.0847. The number of aromatic hydroxyl groups is 3. The summed E-state index contributed by atoms with van der Waals surface area (Å²) in [5.41, 5.74) is -2.10. The largest absolute Gasteiger partial charge is 0.508 e. The first-order valence-electron chi connectivity index (χ1n) is 19.0. The number of phenolic OH excluding ortho intramolecular Hbond substituents is 3. The number of benzene rings is 3. The van der Waals surface area contributed by atoms with Gasteiger partial charge in [0.25, 0.3) is 11.7 Å². The van der Waals surface area contributed by atoms with E-state index >= 15 is 0 Å². The van der Waals surface area contributed by atoms with E-state index in [0.717, 1.165) is 12.1 Å². The summed E-state index contributed by atoms with van der Waals surface area (Å²) in [5, 5.41) is 57.4. The fourth-order valence-electron chi connectivity index (χ4n) is 7.88. The third-order valence-corrected chi connectivity index (χ3v) is 11.4. The van der Waals surface area contributed by atoms with Crippen molar-refractivity contribution in [3.05, 3.63) is 69.6 Å². The van der Waals surface area contributed by atoms with Crippen LogP contribution in [0.5, 0.6) is 23.0 Å². The van der Waals surface area contributed by atoms with Crippen LogP contribution in [0.1, 0.15) is 64.4 Å². The molecule has 16 nitrogen and oxygen atoms in total. The maximum atomic E-state index is 14.5. The monoisotopic (exact) mass is 816 g/mol. The molecule has 9 atom stereocenters. The second-order valence-corrected chi connectivity index (χ2v) is 15.5. The summed E-state index contributed by atoms with van der Waals surface area (Å²) < 4.78 is 29.7. The third-order valence-electron chi connectivity index (χ3n) is 11.4. The van der Waals surface area contributed by atoms with Gasteiger partial charge in [-0.2, -0.15) is 0 Å². The van der Waals surface area contributed by atoms with Gasteiger partial charge in [-0.1, -0.05) is 45.9 Å². The van der Waals surface area contributed by atoms with Crippen LogP contribution in [-0.2, 0) is 23.8 Å². The Bertz CT molecular complexity index is 2490. The number of rotatable bonds is 2. The molecule has 6 rings (SSSR count). The van der Waals surface area contributed by atoms with Gasteiger partial charge in [0.1, 0.15) is 46.0 Å². The summed E-state index contributed by atoms with van der Waals surface area (Å²) in [7, 11) is 1.42. The minimum absolute atomic E-state index is 0.00573. The Hall–Kier alpha value is -5.97. The lowest BCUT2D eigenvalue weighted by molar-refractivity contribution is -0.160. The number of ketones is 1. The second-order valence-electron chi connectivity index (χ2n) is 15.5. The molecular weight excluding hydrogens is 768 g/mol. The van der Waals surface area contributed by atoms with Crippen molar-refractivity contribution in [3.8, 4) is 34.5 Å². The molecule has 314 valence electrons. The molecule has 0 aromatic heterocycles. The van der Waals surface area contributed by atoms with Gasteiger partial charge in [-0.25, -0.2) is 4.98 Å². The van der Waals surface area contributed by atoms with Crippen LogP contribution in [0.3, 0.4) is 0 Å². The highest BCUT2D eigenvalue weighted by Gasteiger charge is 2.50. The number of methoxy groups -OCH3 is 1. The number of amides is 1. The molecule has 1 aliphatic carbocycles. The van der Waals surface area contributed by atoms with Crippen LogP contribution in [0.15, 0.2) is 57.5 Å². The zero-order chi connectivity index (χ0) is 43.4. The van der Waals surface area contributed by atoms with Crippen LogP contribution in [0.4, 0.5) is 5.69 Å². The standard InChI is InChI=1S/C43H48N2O14/c1-17-11-10-12-18(2)42(54)45-33-37(52)29-28(32-40(33)58-27-16-24(47)15-25(48)31(27)44-32)30-39(22(6)36(29)51)59-43(8,41(30)53)56-14-13-26(55-9)19(3)38(57-23(7)46)21(5)35(50)20(4)34(17)49/h10-17,19-21,26,34-35,38,47-51H,1-9H3,(H,45,54)/b11-10+,14-13+,18-12-/t17-,19+,20+,21+,26-,34-,35+,38+,43-/m0/s1. The molecule has 4 aliphatic rings. The number of nitrogens with zero attached hydrogens (tertiary/aromatic N) is 1. The third kappa shape index (κ3) is 7.47. The number of phenols is 3. The molecule has 6 N–H and O–H groups in total. The van der Waals surface area contributed by atoms with E-state index in [1.54, 1.807) is 33.8 Å². The van der Waals surface area contributed by atoms with Gasteiger partial charge >= 0.3 is 11.8 Å². The minimum Gasteiger partial charge on any atom is -0.508 e. The smallest absolute Gasteiger partial charge is 0.312 e. The number of carbonyl (C=O) groups excluding carboxylic acids is 3. The average Bonchev–Trinajstić information content (AvgIpc) is 3.45. The van der Waals surface area contributed by atoms with Crippen LogP contribution in [0.2, 0.25) is 0 Å². The van der Waals surface area contributed by atoms with Crippen molar-refractivity contribution >= 4 is 45.2 Å². The molecule has 1 amide bonds. The SMILES string of the molecule is CO[C@H]1/C=C/O[C@@]2(C)Oc3c(C)c(O)c4c(=O)c(c5oc6cc(O)cc(O)c6nc-5c4c3C2=O)NC(=O)/C(C)=C\C=C\[C@H](C)[C@H](O)[C@@H](C)[C@@H](O)[C@@H](C)[C@H](OC(C)=O)[C@@H]1C. The summed E-state index contributed by atoms with van der Waals surface area (Å²) >= 11 is 0. The highest BCUT2D eigenvalue weighted by atomic mass is 16.7. The number of aliphatic hydroxyl groups excluding tert-OH is 2. The molecule has 0 fully saturated rings. The van der Waals surface area contributed by atoms with E-state index in [1.165, 1.54) is 59.3 Å². The minimum atomic E-state index is -2.10. The second kappa shape index (κ2) is 16.0. The van der Waals surface area contributed by atoms with Gasteiger partial charge in [-0.15, -0.1) is 0 Å². The van der Waals surface area contributed by atoms with E-state index in [2.05, 4.69) is 10.3 Å². The number of Topliss-reactive ketones (excluding diaryl/α,β-unsaturated/α-hetero) is 1. The van der Waals surface area contributed by atoms with E-state index in [-0.39, 0.29) is 50.4 Å². The van der Waals surface area contributed by atoms with Gasteiger partial charge in [0.05, 0.1) is 35.5 Å². The van der Waals surface area contributed by atoms with Crippen LogP contribution < -0.4 is 15.5 Å². The lowest BCUT2D eigenvalue weighted by atomic mass is 9.78. The van der Waals surface area contributed by atoms with Gasteiger partial charge in [0, 0.05) is 73.3 Å². The molecule has 0 saturated carbocycles. The van der Waals surface area contributed by atoms with Crippen LogP contribution in [-0.4, -0.2) is 85.5 Å². The number of ether oxygens (including phenoxy) is 4. The lowest BCUT2D eigenvalue weighted by Gasteiger charge is -2.38. The summed E-state index contributed by atoms with van der Waals surface area (Å²) in [6, 6.07) is 2.15. The van der Waals surface area contributed by atoms with Crippen molar-refractivity contribution in [1.29, 1.82) is 0 Å². The van der Waals surface area contributed by atoms with Crippen molar-refractivity contribution < 1.29 is 63.3 Å². The molecule has 0 radical (unpaired) electrons.